The van der Waals surface area contributed by atoms with Crippen molar-refractivity contribution in [3.63, 3.8) is 0 Å². The highest BCUT2D eigenvalue weighted by atomic mass is 32.2. The Labute approximate surface area is 129 Å². The molecule has 1 atom stereocenters. The van der Waals surface area contributed by atoms with Gasteiger partial charge in [-0.3, -0.25) is 0 Å². The molecule has 1 N–H and O–H groups in total. The van der Waals surface area contributed by atoms with Gasteiger partial charge in [0.15, 0.2) is 11.5 Å². The van der Waals surface area contributed by atoms with Gasteiger partial charge < -0.3 is 14.8 Å². The third kappa shape index (κ3) is 3.02. The molecule has 0 aliphatic carbocycles. The van der Waals surface area contributed by atoms with Crippen molar-refractivity contribution in [1.82, 2.24) is 4.98 Å². The highest BCUT2D eigenvalue weighted by Gasteiger charge is 2.16. The molecule has 4 nitrogen and oxygen atoms in total. The smallest absolute Gasteiger partial charge is 0.161 e. The van der Waals surface area contributed by atoms with Crippen molar-refractivity contribution in [2.75, 3.05) is 37.6 Å². The Balaban J connectivity index is 1.90. The molecule has 112 valence electrons. The monoisotopic (exact) mass is 304 g/mol. The third-order valence-electron chi connectivity index (χ3n) is 3.85. The minimum Gasteiger partial charge on any atom is -0.493 e. The molecule has 1 aromatic carbocycles. The number of rotatable bonds is 5. The first-order chi connectivity index (χ1) is 10.3. The van der Waals surface area contributed by atoms with Crippen LogP contribution in [0.15, 0.2) is 24.4 Å². The van der Waals surface area contributed by atoms with Crippen LogP contribution < -0.4 is 14.8 Å². The van der Waals surface area contributed by atoms with E-state index in [2.05, 4.69) is 10.3 Å². The third-order valence-corrected chi connectivity index (χ3v) is 5.08. The summed E-state index contributed by atoms with van der Waals surface area (Å²) in [6, 6.07) is 5.98. The molecule has 5 heteroatoms. The Bertz CT molecular complexity index is 627. The Morgan fingerprint density at radius 3 is 2.81 bits per heavy atom. The van der Waals surface area contributed by atoms with Crippen molar-refractivity contribution in [3.8, 4) is 11.5 Å². The fraction of sp³-hybridized carbons (Fsp3) is 0.438. The Hall–Kier alpha value is -1.62. The number of methoxy groups -OCH3 is 2. The summed E-state index contributed by atoms with van der Waals surface area (Å²) < 4.78 is 10.8. The lowest BCUT2D eigenvalue weighted by Gasteiger charge is -2.14. The molecule has 0 amide bonds. The molecule has 1 aliphatic rings. The van der Waals surface area contributed by atoms with Crippen molar-refractivity contribution >= 4 is 28.4 Å². The largest absolute Gasteiger partial charge is 0.493 e. The summed E-state index contributed by atoms with van der Waals surface area (Å²) in [4.78, 5) is 4.48. The quantitative estimate of drug-likeness (QED) is 0.917. The Kier molecular flexibility index (Phi) is 4.39. The average molecular weight is 304 g/mol. The summed E-state index contributed by atoms with van der Waals surface area (Å²) in [7, 11) is 3.31. The van der Waals surface area contributed by atoms with E-state index in [-0.39, 0.29) is 0 Å². The first kappa shape index (κ1) is 14.3. The van der Waals surface area contributed by atoms with Crippen LogP contribution in [-0.2, 0) is 0 Å². The van der Waals surface area contributed by atoms with E-state index in [1.54, 1.807) is 14.2 Å². The van der Waals surface area contributed by atoms with E-state index in [1.807, 2.05) is 36.2 Å². The van der Waals surface area contributed by atoms with Gasteiger partial charge >= 0.3 is 0 Å². The molecule has 0 radical (unpaired) electrons. The van der Waals surface area contributed by atoms with Crippen molar-refractivity contribution in [3.05, 3.63) is 24.4 Å². The van der Waals surface area contributed by atoms with E-state index in [9.17, 15) is 0 Å². The van der Waals surface area contributed by atoms with Gasteiger partial charge in [-0.1, -0.05) is 0 Å². The molecule has 1 saturated heterocycles. The lowest BCUT2D eigenvalue weighted by atomic mass is 10.1. The fourth-order valence-electron chi connectivity index (χ4n) is 2.63. The van der Waals surface area contributed by atoms with Gasteiger partial charge in [0.25, 0.3) is 0 Å². The maximum Gasteiger partial charge on any atom is 0.161 e. The molecule has 2 aromatic rings. The van der Waals surface area contributed by atoms with E-state index in [0.29, 0.717) is 0 Å². The summed E-state index contributed by atoms with van der Waals surface area (Å²) in [6.07, 6.45) is 3.12. The van der Waals surface area contributed by atoms with Crippen LogP contribution in [0.5, 0.6) is 11.5 Å². The number of nitrogens with one attached hydrogen (secondary N) is 1. The van der Waals surface area contributed by atoms with Crippen LogP contribution in [0.4, 0.5) is 5.82 Å². The molecule has 0 saturated carbocycles. The standard InChI is InChI=1S/C16H20N2O2S/c1-19-14-7-12-3-5-17-16(13(12)8-15(14)20-2)18-9-11-4-6-21-10-11/h3,5,7-8,11H,4,6,9-10H2,1-2H3,(H,17,18). The Morgan fingerprint density at radius 2 is 2.10 bits per heavy atom. The topological polar surface area (TPSA) is 43.4 Å². The van der Waals surface area contributed by atoms with E-state index in [1.165, 1.54) is 17.9 Å². The predicted octanol–water partition coefficient (Wildman–Crippen LogP) is 3.42. The maximum absolute atomic E-state index is 5.39. The number of hydrogen-bond acceptors (Lipinski definition) is 5. The summed E-state index contributed by atoms with van der Waals surface area (Å²) in [6.45, 7) is 0.980. The second-order valence-electron chi connectivity index (χ2n) is 5.20. The number of hydrogen-bond donors (Lipinski definition) is 1. The van der Waals surface area contributed by atoms with Crippen LogP contribution >= 0.6 is 11.8 Å². The minimum atomic E-state index is 0.734. The van der Waals surface area contributed by atoms with Crippen molar-refractivity contribution in [2.45, 2.75) is 6.42 Å². The zero-order valence-corrected chi connectivity index (χ0v) is 13.2. The Morgan fingerprint density at radius 1 is 1.29 bits per heavy atom. The van der Waals surface area contributed by atoms with Gasteiger partial charge in [-0.2, -0.15) is 11.8 Å². The van der Waals surface area contributed by atoms with Crippen LogP contribution in [0, 0.1) is 5.92 Å². The highest BCUT2D eigenvalue weighted by molar-refractivity contribution is 7.99. The van der Waals surface area contributed by atoms with Crippen molar-refractivity contribution in [1.29, 1.82) is 0 Å². The number of ether oxygens (including phenoxy) is 2. The summed E-state index contributed by atoms with van der Waals surface area (Å²) >= 11 is 2.04. The number of thioether (sulfide) groups is 1. The molecular formula is C16H20N2O2S. The zero-order chi connectivity index (χ0) is 14.7. The van der Waals surface area contributed by atoms with Gasteiger partial charge in [-0.25, -0.2) is 4.98 Å². The molecule has 2 heterocycles. The van der Waals surface area contributed by atoms with Gasteiger partial charge in [0.1, 0.15) is 5.82 Å². The number of anilines is 1. The van der Waals surface area contributed by atoms with Crippen LogP contribution in [0.25, 0.3) is 10.8 Å². The molecule has 1 aromatic heterocycles. The van der Waals surface area contributed by atoms with Crippen molar-refractivity contribution < 1.29 is 9.47 Å². The summed E-state index contributed by atoms with van der Waals surface area (Å²) in [5, 5.41) is 5.67. The van der Waals surface area contributed by atoms with E-state index in [0.717, 1.165) is 40.6 Å². The lowest BCUT2D eigenvalue weighted by molar-refractivity contribution is 0.356. The number of benzene rings is 1. The highest BCUT2D eigenvalue weighted by Crippen LogP contribution is 2.34. The SMILES string of the molecule is COc1cc2ccnc(NCC3CCSC3)c2cc1OC. The van der Waals surface area contributed by atoms with Gasteiger partial charge in [-0.05, 0) is 47.4 Å². The first-order valence-corrected chi connectivity index (χ1v) is 8.29. The molecule has 0 spiro atoms. The van der Waals surface area contributed by atoms with Gasteiger partial charge in [0.2, 0.25) is 0 Å². The van der Waals surface area contributed by atoms with E-state index >= 15 is 0 Å². The second-order valence-corrected chi connectivity index (χ2v) is 6.35. The molecule has 0 bridgehead atoms. The van der Waals surface area contributed by atoms with Gasteiger partial charge in [0, 0.05) is 18.1 Å². The molecule has 21 heavy (non-hydrogen) atoms. The van der Waals surface area contributed by atoms with Crippen LogP contribution in [0.2, 0.25) is 0 Å². The summed E-state index contributed by atoms with van der Waals surface area (Å²) in [5.74, 6) is 5.67. The molecule has 1 fully saturated rings. The minimum absolute atomic E-state index is 0.734. The van der Waals surface area contributed by atoms with Gasteiger partial charge in [-0.15, -0.1) is 0 Å². The van der Waals surface area contributed by atoms with Crippen molar-refractivity contribution in [2.24, 2.45) is 5.92 Å². The molecule has 1 unspecified atom stereocenters. The molecule has 3 rings (SSSR count). The number of nitrogens with zero attached hydrogens (tertiary/aromatic N) is 1. The van der Waals surface area contributed by atoms with E-state index in [4.69, 9.17) is 9.47 Å². The van der Waals surface area contributed by atoms with E-state index < -0.39 is 0 Å². The fourth-order valence-corrected chi connectivity index (χ4v) is 3.91. The second kappa shape index (κ2) is 6.43. The molecular weight excluding hydrogens is 284 g/mol. The maximum atomic E-state index is 5.39. The number of pyridine rings is 1. The molecule has 1 aliphatic heterocycles. The summed E-state index contributed by atoms with van der Waals surface area (Å²) in [5.41, 5.74) is 0. The average Bonchev–Trinajstić information content (AvgIpc) is 3.04. The number of fused-ring (bicyclic) bond motifs is 1. The zero-order valence-electron chi connectivity index (χ0n) is 12.4. The van der Waals surface area contributed by atoms with Crippen LogP contribution in [-0.4, -0.2) is 37.3 Å². The number of aromatic nitrogens is 1. The van der Waals surface area contributed by atoms with Crippen LogP contribution in [0.3, 0.4) is 0 Å². The predicted molar refractivity (Wildman–Crippen MR) is 88.8 cm³/mol. The van der Waals surface area contributed by atoms with Crippen LogP contribution in [0.1, 0.15) is 6.42 Å². The normalized spacial score (nSPS) is 17.9. The van der Waals surface area contributed by atoms with Gasteiger partial charge in [0.05, 0.1) is 14.2 Å². The first-order valence-electron chi connectivity index (χ1n) is 7.14. The lowest BCUT2D eigenvalue weighted by Crippen LogP contribution is -2.14.